The second-order valence-corrected chi connectivity index (χ2v) is 11.4. The maximum absolute atomic E-state index is 15.0. The summed E-state index contributed by atoms with van der Waals surface area (Å²) in [5.41, 5.74) is -1.63. The highest BCUT2D eigenvalue weighted by molar-refractivity contribution is 7.91. The van der Waals surface area contributed by atoms with E-state index in [4.69, 9.17) is 16.3 Å². The number of hydrogen-bond donors (Lipinski definition) is 2. The van der Waals surface area contributed by atoms with Gasteiger partial charge in [-0.05, 0) is 12.1 Å². The van der Waals surface area contributed by atoms with E-state index in [1.807, 2.05) is 0 Å². The van der Waals surface area contributed by atoms with Gasteiger partial charge in [-0.15, -0.1) is 0 Å². The first-order valence-corrected chi connectivity index (χ1v) is 13.3. The van der Waals surface area contributed by atoms with Gasteiger partial charge in [0.1, 0.15) is 40.3 Å². The predicted octanol–water partition coefficient (Wildman–Crippen LogP) is 3.03. The molecule has 0 bridgehead atoms. The summed E-state index contributed by atoms with van der Waals surface area (Å²) < 4.78 is 73.0. The van der Waals surface area contributed by atoms with Crippen LogP contribution in [0.25, 0.3) is 11.3 Å². The lowest BCUT2D eigenvalue weighted by Gasteiger charge is -2.42. The van der Waals surface area contributed by atoms with Gasteiger partial charge < -0.3 is 15.4 Å². The van der Waals surface area contributed by atoms with E-state index in [-0.39, 0.29) is 58.5 Å². The Morgan fingerprint density at radius 1 is 1.24 bits per heavy atom. The first kappa shape index (κ1) is 25.1. The number of nitrogens with one attached hydrogen (secondary N) is 2. The van der Waals surface area contributed by atoms with E-state index in [2.05, 4.69) is 15.7 Å². The molecule has 3 heterocycles. The van der Waals surface area contributed by atoms with Gasteiger partial charge >= 0.3 is 0 Å². The Morgan fingerprint density at radius 2 is 2.00 bits per heavy atom. The average Bonchev–Trinajstić information content (AvgIpc) is 3.11. The number of aromatic nitrogens is 2. The number of amides is 2. The van der Waals surface area contributed by atoms with Crippen molar-refractivity contribution in [1.29, 1.82) is 0 Å². The van der Waals surface area contributed by atoms with Crippen LogP contribution in [0, 0.1) is 17.5 Å². The van der Waals surface area contributed by atoms with Crippen LogP contribution in [0.5, 0.6) is 5.75 Å². The number of carbonyl (C=O) groups excluding carboxylic acids is 2. The molecular formula is C23H18ClF3N4O5S. The Kier molecular flexibility index (Phi) is 5.94. The number of anilines is 1. The van der Waals surface area contributed by atoms with E-state index >= 15 is 0 Å². The molecule has 0 saturated heterocycles. The molecule has 2 N–H and O–H groups in total. The quantitative estimate of drug-likeness (QED) is 0.512. The summed E-state index contributed by atoms with van der Waals surface area (Å²) in [5.74, 6) is -5.22. The van der Waals surface area contributed by atoms with Gasteiger partial charge in [0, 0.05) is 30.4 Å². The lowest BCUT2D eigenvalue weighted by molar-refractivity contribution is -0.113. The molecule has 2 aliphatic heterocycles. The first-order chi connectivity index (χ1) is 17.4. The Labute approximate surface area is 213 Å². The molecule has 0 radical (unpaired) electrons. The standard InChI is InChI=1S/C23H18ClF3N4O5S/c1-37(34,35)9-17(32)28-20-19(11-2-3-13(24)14(26)6-11)30-31-10-23(29-22(33)21(20)31)4-5-36-16-8-12(25)7-15(27)18(16)23/h2-3,6-8H,4-5,9-10H2,1H3,(H,28,32)(H,29,33)/t23-/m0/s1. The highest BCUT2D eigenvalue weighted by atomic mass is 35.5. The van der Waals surface area contributed by atoms with Gasteiger partial charge in [-0.1, -0.05) is 17.7 Å². The van der Waals surface area contributed by atoms with E-state index in [0.29, 0.717) is 6.07 Å². The van der Waals surface area contributed by atoms with Gasteiger partial charge in [-0.2, -0.15) is 5.10 Å². The molecule has 0 fully saturated rings. The Hall–Kier alpha value is -3.58. The van der Waals surface area contributed by atoms with E-state index in [1.54, 1.807) is 0 Å². The fourth-order valence-corrected chi connectivity index (χ4v) is 5.29. The average molecular weight is 555 g/mol. The highest BCUT2D eigenvalue weighted by Crippen LogP contribution is 2.44. The first-order valence-electron chi connectivity index (χ1n) is 10.9. The SMILES string of the molecule is CS(=O)(=O)CC(=O)Nc1c(-c2ccc(Cl)c(F)c2)nn2c1C(=O)N[C@@]1(CCOc3cc(F)cc(F)c31)C2. The molecule has 1 spiro atoms. The van der Waals surface area contributed by atoms with Gasteiger partial charge in [0.15, 0.2) is 15.5 Å². The summed E-state index contributed by atoms with van der Waals surface area (Å²) in [7, 11) is -3.72. The second-order valence-electron chi connectivity index (χ2n) is 8.87. The second kappa shape index (κ2) is 8.77. The topological polar surface area (TPSA) is 119 Å². The van der Waals surface area contributed by atoms with E-state index in [0.717, 1.165) is 18.4 Å². The van der Waals surface area contributed by atoms with E-state index in [9.17, 15) is 31.2 Å². The molecule has 14 heteroatoms. The normalized spacial score (nSPS) is 18.6. The molecule has 3 aromatic rings. The third kappa shape index (κ3) is 4.53. The van der Waals surface area contributed by atoms with Crippen molar-refractivity contribution in [3.05, 3.63) is 64.1 Å². The van der Waals surface area contributed by atoms with E-state index < -0.39 is 50.4 Å². The van der Waals surface area contributed by atoms with Crippen LogP contribution in [-0.2, 0) is 26.7 Å². The summed E-state index contributed by atoms with van der Waals surface area (Å²) in [4.78, 5) is 25.9. The van der Waals surface area contributed by atoms with Crippen molar-refractivity contribution in [2.75, 3.05) is 23.9 Å². The fourth-order valence-electron chi connectivity index (χ4n) is 4.63. The molecule has 0 saturated carbocycles. The summed E-state index contributed by atoms with van der Waals surface area (Å²) in [6.45, 7) is -0.0992. The number of carbonyl (C=O) groups is 2. The number of fused-ring (bicyclic) bond motifs is 3. The predicted molar refractivity (Wildman–Crippen MR) is 127 cm³/mol. The number of hydrogen-bond acceptors (Lipinski definition) is 6. The molecule has 0 aliphatic carbocycles. The summed E-state index contributed by atoms with van der Waals surface area (Å²) in [5, 5.41) is 9.38. The summed E-state index contributed by atoms with van der Waals surface area (Å²) >= 11 is 5.79. The molecule has 2 aliphatic rings. The zero-order chi connectivity index (χ0) is 26.7. The van der Waals surface area contributed by atoms with Crippen molar-refractivity contribution < 1.29 is 35.9 Å². The Balaban J connectivity index is 1.66. The van der Waals surface area contributed by atoms with Crippen molar-refractivity contribution in [3.63, 3.8) is 0 Å². The smallest absolute Gasteiger partial charge is 0.272 e. The third-order valence-corrected chi connectivity index (χ3v) is 7.17. The molecule has 1 aromatic heterocycles. The molecule has 2 aromatic carbocycles. The minimum Gasteiger partial charge on any atom is -0.493 e. The Bertz CT molecular complexity index is 1590. The maximum Gasteiger partial charge on any atom is 0.272 e. The van der Waals surface area contributed by atoms with Crippen LogP contribution in [0.15, 0.2) is 30.3 Å². The zero-order valence-electron chi connectivity index (χ0n) is 19.1. The molecule has 1 atom stereocenters. The molecule has 0 unspecified atom stereocenters. The van der Waals surface area contributed by atoms with Crippen molar-refractivity contribution in [2.24, 2.45) is 0 Å². The largest absolute Gasteiger partial charge is 0.493 e. The number of halogens is 4. The van der Waals surface area contributed by atoms with Crippen molar-refractivity contribution in [1.82, 2.24) is 15.1 Å². The summed E-state index contributed by atoms with van der Waals surface area (Å²) in [6.07, 6.45) is 0.986. The van der Waals surface area contributed by atoms with Crippen molar-refractivity contribution in [3.8, 4) is 17.0 Å². The highest BCUT2D eigenvalue weighted by Gasteiger charge is 2.47. The van der Waals surface area contributed by atoms with Crippen LogP contribution in [0.4, 0.5) is 18.9 Å². The van der Waals surface area contributed by atoms with Gasteiger partial charge in [0.25, 0.3) is 5.91 Å². The maximum atomic E-state index is 15.0. The molecule has 9 nitrogen and oxygen atoms in total. The van der Waals surface area contributed by atoms with Crippen LogP contribution < -0.4 is 15.4 Å². The van der Waals surface area contributed by atoms with Gasteiger partial charge in [-0.25, -0.2) is 21.6 Å². The molecule has 5 rings (SSSR count). The molecule has 2 amide bonds. The Morgan fingerprint density at radius 3 is 2.70 bits per heavy atom. The van der Waals surface area contributed by atoms with Crippen molar-refractivity contribution >= 4 is 38.9 Å². The van der Waals surface area contributed by atoms with Gasteiger partial charge in [-0.3, -0.25) is 14.3 Å². The number of rotatable bonds is 4. The van der Waals surface area contributed by atoms with Gasteiger partial charge in [0.2, 0.25) is 5.91 Å². The van der Waals surface area contributed by atoms with E-state index in [1.165, 1.54) is 16.8 Å². The minimum atomic E-state index is -3.72. The zero-order valence-corrected chi connectivity index (χ0v) is 20.6. The fraction of sp³-hybridized carbons (Fsp3) is 0.261. The van der Waals surface area contributed by atoms with Crippen LogP contribution in [0.3, 0.4) is 0 Å². The van der Waals surface area contributed by atoms with Crippen LogP contribution in [0.2, 0.25) is 5.02 Å². The number of nitrogens with zero attached hydrogens (tertiary/aromatic N) is 2. The molecule has 194 valence electrons. The lowest BCUT2D eigenvalue weighted by Crippen LogP contribution is -2.56. The van der Waals surface area contributed by atoms with Crippen LogP contribution >= 0.6 is 11.6 Å². The molecular weight excluding hydrogens is 537 g/mol. The number of ether oxygens (including phenoxy) is 1. The van der Waals surface area contributed by atoms with Gasteiger partial charge in [0.05, 0.1) is 29.3 Å². The number of benzene rings is 2. The van der Waals surface area contributed by atoms with Crippen LogP contribution in [0.1, 0.15) is 22.5 Å². The van der Waals surface area contributed by atoms with Crippen molar-refractivity contribution in [2.45, 2.75) is 18.5 Å². The monoisotopic (exact) mass is 554 g/mol. The number of sulfone groups is 1. The third-order valence-electron chi connectivity index (χ3n) is 6.07. The minimum absolute atomic E-state index is 0.0357. The lowest BCUT2D eigenvalue weighted by atomic mass is 9.82. The molecule has 37 heavy (non-hydrogen) atoms. The van der Waals surface area contributed by atoms with Crippen LogP contribution in [-0.4, -0.2) is 48.6 Å². The summed E-state index contributed by atoms with van der Waals surface area (Å²) in [6, 6.07) is 5.41.